The summed E-state index contributed by atoms with van der Waals surface area (Å²) in [4.78, 5) is 18.1. The van der Waals surface area contributed by atoms with Crippen molar-refractivity contribution >= 4 is 28.1 Å². The number of H-pyrrole nitrogens is 1. The Kier molecular flexibility index (Phi) is 3.67. The lowest BCUT2D eigenvalue weighted by Gasteiger charge is -2.36. The first-order chi connectivity index (χ1) is 11.2. The van der Waals surface area contributed by atoms with Crippen LogP contribution in [0.5, 0.6) is 0 Å². The Hall–Kier alpha value is -2.11. The number of rotatable bonds is 2. The zero-order valence-electron chi connectivity index (χ0n) is 12.9. The first kappa shape index (κ1) is 14.5. The molecule has 1 saturated heterocycles. The summed E-state index contributed by atoms with van der Waals surface area (Å²) in [6, 6.07) is 9.90. The van der Waals surface area contributed by atoms with E-state index in [2.05, 4.69) is 16.4 Å². The van der Waals surface area contributed by atoms with Gasteiger partial charge in [0.2, 0.25) is 0 Å². The lowest BCUT2D eigenvalue weighted by atomic mass is 10.1. The van der Waals surface area contributed by atoms with E-state index in [9.17, 15) is 4.79 Å². The molecule has 0 radical (unpaired) electrons. The standard InChI is InChI=1S/C18H18N2O2S/c1-12-9-20(10-16(22-12)14-6-8-23-11-14)18(21)15-4-2-3-13-5-7-19-17(13)15/h2-8,11-12,16,19H,9-10H2,1H3/t12-,16-/m1/s1. The summed E-state index contributed by atoms with van der Waals surface area (Å²) in [5.74, 6) is 0.0634. The van der Waals surface area contributed by atoms with Crippen molar-refractivity contribution in [3.8, 4) is 0 Å². The Labute approximate surface area is 138 Å². The maximum atomic E-state index is 13.0. The molecule has 23 heavy (non-hydrogen) atoms. The van der Waals surface area contributed by atoms with Crippen LogP contribution in [0.25, 0.3) is 10.9 Å². The molecule has 118 valence electrons. The minimum absolute atomic E-state index is 0.0282. The molecule has 2 atom stereocenters. The second-order valence-corrected chi connectivity index (χ2v) is 6.73. The SMILES string of the molecule is C[C@@H]1CN(C(=O)c2cccc3cc[nH]c23)C[C@H](c2ccsc2)O1. The minimum Gasteiger partial charge on any atom is -0.367 e. The number of benzene rings is 1. The summed E-state index contributed by atoms with van der Waals surface area (Å²) in [5.41, 5.74) is 2.78. The molecule has 4 nitrogen and oxygen atoms in total. The summed E-state index contributed by atoms with van der Waals surface area (Å²) in [5, 5.41) is 5.20. The van der Waals surface area contributed by atoms with Crippen LogP contribution < -0.4 is 0 Å². The molecule has 3 heterocycles. The quantitative estimate of drug-likeness (QED) is 0.778. The largest absolute Gasteiger partial charge is 0.367 e. The van der Waals surface area contributed by atoms with Crippen LogP contribution in [0.2, 0.25) is 0 Å². The lowest BCUT2D eigenvalue weighted by Crippen LogP contribution is -2.45. The fourth-order valence-electron chi connectivity index (χ4n) is 3.19. The van der Waals surface area contributed by atoms with Crippen molar-refractivity contribution in [1.29, 1.82) is 0 Å². The monoisotopic (exact) mass is 326 g/mol. The average molecular weight is 326 g/mol. The summed E-state index contributed by atoms with van der Waals surface area (Å²) in [7, 11) is 0. The number of carbonyl (C=O) groups excluding carboxylic acids is 1. The molecular formula is C18H18N2O2S. The highest BCUT2D eigenvalue weighted by Gasteiger charge is 2.30. The van der Waals surface area contributed by atoms with Gasteiger partial charge in [0.25, 0.3) is 5.91 Å². The number of nitrogens with one attached hydrogen (secondary N) is 1. The van der Waals surface area contributed by atoms with Gasteiger partial charge < -0.3 is 14.6 Å². The molecule has 4 rings (SSSR count). The molecule has 1 N–H and O–H groups in total. The van der Waals surface area contributed by atoms with Gasteiger partial charge in [0.05, 0.1) is 23.7 Å². The van der Waals surface area contributed by atoms with Gasteiger partial charge in [0.15, 0.2) is 0 Å². The molecular weight excluding hydrogens is 308 g/mol. The van der Waals surface area contributed by atoms with Crippen LogP contribution in [0.4, 0.5) is 0 Å². The van der Waals surface area contributed by atoms with Gasteiger partial charge in [0.1, 0.15) is 6.10 Å². The number of hydrogen-bond donors (Lipinski definition) is 1. The number of nitrogens with zero attached hydrogens (tertiary/aromatic N) is 1. The minimum atomic E-state index is -0.0446. The van der Waals surface area contributed by atoms with Crippen molar-refractivity contribution in [2.45, 2.75) is 19.1 Å². The Morgan fingerprint density at radius 2 is 2.22 bits per heavy atom. The van der Waals surface area contributed by atoms with Crippen LogP contribution in [0.15, 0.2) is 47.3 Å². The Balaban J connectivity index is 1.64. The third kappa shape index (κ3) is 2.66. The van der Waals surface area contributed by atoms with E-state index in [1.165, 1.54) is 0 Å². The van der Waals surface area contributed by atoms with Gasteiger partial charge >= 0.3 is 0 Å². The molecule has 0 aliphatic carbocycles. The first-order valence-corrected chi connectivity index (χ1v) is 8.69. The highest BCUT2D eigenvalue weighted by molar-refractivity contribution is 7.07. The number of ether oxygens (including phenoxy) is 1. The third-order valence-corrected chi connectivity index (χ3v) is 4.98. The van der Waals surface area contributed by atoms with Gasteiger partial charge in [-0.15, -0.1) is 0 Å². The number of thiophene rings is 1. The van der Waals surface area contributed by atoms with E-state index < -0.39 is 0 Å². The van der Waals surface area contributed by atoms with Crippen molar-refractivity contribution in [2.75, 3.05) is 13.1 Å². The number of morpholine rings is 1. The predicted octanol–water partition coefficient (Wildman–Crippen LogP) is 3.83. The molecule has 3 aromatic rings. The van der Waals surface area contributed by atoms with E-state index in [-0.39, 0.29) is 18.1 Å². The van der Waals surface area contributed by atoms with Crippen molar-refractivity contribution in [3.63, 3.8) is 0 Å². The summed E-state index contributed by atoms with van der Waals surface area (Å²) in [6.07, 6.45) is 1.86. The van der Waals surface area contributed by atoms with Crippen molar-refractivity contribution < 1.29 is 9.53 Å². The fourth-order valence-corrected chi connectivity index (χ4v) is 3.89. The van der Waals surface area contributed by atoms with Crippen LogP contribution >= 0.6 is 11.3 Å². The Bertz CT molecular complexity index is 825. The third-order valence-electron chi connectivity index (χ3n) is 4.28. The Morgan fingerprint density at radius 1 is 1.30 bits per heavy atom. The summed E-state index contributed by atoms with van der Waals surface area (Å²) >= 11 is 1.66. The van der Waals surface area contributed by atoms with Gasteiger partial charge in [-0.3, -0.25) is 4.79 Å². The van der Waals surface area contributed by atoms with Gasteiger partial charge in [-0.25, -0.2) is 0 Å². The van der Waals surface area contributed by atoms with E-state index >= 15 is 0 Å². The van der Waals surface area contributed by atoms with Crippen LogP contribution in [-0.4, -0.2) is 35.0 Å². The highest BCUT2D eigenvalue weighted by atomic mass is 32.1. The van der Waals surface area contributed by atoms with E-state index in [1.54, 1.807) is 11.3 Å². The van der Waals surface area contributed by atoms with Crippen molar-refractivity contribution in [3.05, 3.63) is 58.4 Å². The van der Waals surface area contributed by atoms with Gasteiger partial charge in [-0.05, 0) is 41.4 Å². The molecule has 5 heteroatoms. The molecule has 1 aromatic carbocycles. The molecule has 1 fully saturated rings. The van der Waals surface area contributed by atoms with Crippen molar-refractivity contribution in [1.82, 2.24) is 9.88 Å². The number of aromatic amines is 1. The second kappa shape index (κ2) is 5.83. The smallest absolute Gasteiger partial charge is 0.256 e. The zero-order valence-corrected chi connectivity index (χ0v) is 13.7. The average Bonchev–Trinajstić information content (AvgIpc) is 3.24. The fraction of sp³-hybridized carbons (Fsp3) is 0.278. The predicted molar refractivity (Wildman–Crippen MR) is 91.8 cm³/mol. The molecule has 0 saturated carbocycles. The Morgan fingerprint density at radius 3 is 3.04 bits per heavy atom. The number of hydrogen-bond acceptors (Lipinski definition) is 3. The van der Waals surface area contributed by atoms with E-state index in [0.29, 0.717) is 13.1 Å². The van der Waals surface area contributed by atoms with Gasteiger partial charge in [0, 0.05) is 18.1 Å². The van der Waals surface area contributed by atoms with Crippen LogP contribution in [0, 0.1) is 0 Å². The number of carbonyl (C=O) groups is 1. The van der Waals surface area contributed by atoms with E-state index in [1.807, 2.05) is 47.7 Å². The van der Waals surface area contributed by atoms with Crippen LogP contribution in [-0.2, 0) is 4.74 Å². The van der Waals surface area contributed by atoms with Crippen LogP contribution in [0.3, 0.4) is 0 Å². The molecule has 1 aliphatic rings. The van der Waals surface area contributed by atoms with E-state index in [4.69, 9.17) is 4.74 Å². The topological polar surface area (TPSA) is 45.3 Å². The lowest BCUT2D eigenvalue weighted by molar-refractivity contribution is -0.0689. The number of para-hydroxylation sites is 1. The molecule has 0 unspecified atom stereocenters. The molecule has 0 spiro atoms. The number of aromatic nitrogens is 1. The molecule has 2 aromatic heterocycles. The number of fused-ring (bicyclic) bond motifs is 1. The van der Waals surface area contributed by atoms with Gasteiger partial charge in [-0.1, -0.05) is 12.1 Å². The second-order valence-electron chi connectivity index (χ2n) is 5.95. The molecule has 1 amide bonds. The van der Waals surface area contributed by atoms with Crippen molar-refractivity contribution in [2.24, 2.45) is 0 Å². The van der Waals surface area contributed by atoms with Gasteiger partial charge in [-0.2, -0.15) is 11.3 Å². The zero-order chi connectivity index (χ0) is 15.8. The maximum absolute atomic E-state index is 13.0. The highest BCUT2D eigenvalue weighted by Crippen LogP contribution is 2.28. The molecule has 1 aliphatic heterocycles. The summed E-state index contributed by atoms with van der Waals surface area (Å²) in [6.45, 7) is 3.24. The van der Waals surface area contributed by atoms with E-state index in [0.717, 1.165) is 22.0 Å². The summed E-state index contributed by atoms with van der Waals surface area (Å²) < 4.78 is 6.02. The van der Waals surface area contributed by atoms with Crippen LogP contribution in [0.1, 0.15) is 28.9 Å². The normalized spacial score (nSPS) is 21.7. The number of amides is 1. The maximum Gasteiger partial charge on any atom is 0.256 e. The molecule has 0 bridgehead atoms. The first-order valence-electron chi connectivity index (χ1n) is 7.75.